The van der Waals surface area contributed by atoms with Crippen LogP contribution >= 0.6 is 0 Å². The average Bonchev–Trinajstić information content (AvgIpc) is 3.06. The number of para-hydroxylation sites is 1. The number of carbonyl (C=O) groups is 1. The second-order valence-electron chi connectivity index (χ2n) is 5.99. The van der Waals surface area contributed by atoms with Crippen LogP contribution in [-0.2, 0) is 0 Å². The van der Waals surface area contributed by atoms with Crippen LogP contribution in [0.15, 0.2) is 42.5 Å². The zero-order chi connectivity index (χ0) is 17.6. The van der Waals surface area contributed by atoms with E-state index < -0.39 is 0 Å². The Hall–Kier alpha value is -2.89. The molecule has 0 bridgehead atoms. The first kappa shape index (κ1) is 17.0. The predicted octanol–water partition coefficient (Wildman–Crippen LogP) is 3.74. The summed E-state index contributed by atoms with van der Waals surface area (Å²) in [6.07, 6.45) is 0. The number of anilines is 1. The van der Waals surface area contributed by atoms with Gasteiger partial charge in [0.15, 0.2) is 11.5 Å². The van der Waals surface area contributed by atoms with Crippen LogP contribution in [0.4, 0.5) is 10.5 Å². The van der Waals surface area contributed by atoms with Gasteiger partial charge in [0.2, 0.25) is 6.79 Å². The van der Waals surface area contributed by atoms with Crippen LogP contribution in [0.3, 0.4) is 0 Å². The van der Waals surface area contributed by atoms with Gasteiger partial charge in [-0.15, -0.1) is 0 Å². The van der Waals surface area contributed by atoms with Crippen LogP contribution in [-0.4, -0.2) is 26.0 Å². The summed E-state index contributed by atoms with van der Waals surface area (Å²) in [7, 11) is 0. The molecule has 0 spiro atoms. The molecule has 0 saturated carbocycles. The van der Waals surface area contributed by atoms with Crippen molar-refractivity contribution in [2.45, 2.75) is 19.8 Å². The molecule has 1 aliphatic heterocycles. The summed E-state index contributed by atoms with van der Waals surface area (Å²) in [4.78, 5) is 11.9. The second kappa shape index (κ2) is 7.79. The molecule has 132 valence electrons. The Bertz CT molecular complexity index is 746. The maximum absolute atomic E-state index is 11.9. The highest BCUT2D eigenvalue weighted by Gasteiger charge is 2.14. The lowest BCUT2D eigenvalue weighted by Crippen LogP contribution is -2.32. The molecule has 2 aromatic rings. The molecule has 2 aromatic carbocycles. The van der Waals surface area contributed by atoms with Crippen LogP contribution in [0.25, 0.3) is 0 Å². The van der Waals surface area contributed by atoms with Crippen LogP contribution in [0.2, 0.25) is 0 Å². The molecule has 6 nitrogen and oxygen atoms in total. The number of fused-ring (bicyclic) bond motifs is 1. The summed E-state index contributed by atoms with van der Waals surface area (Å²) in [6.45, 7) is 5.26. The Morgan fingerprint density at radius 3 is 2.80 bits per heavy atom. The van der Waals surface area contributed by atoms with Crippen molar-refractivity contribution >= 4 is 11.7 Å². The molecule has 25 heavy (non-hydrogen) atoms. The normalized spacial score (nSPS) is 12.1. The van der Waals surface area contributed by atoms with E-state index in [4.69, 9.17) is 14.2 Å². The third-order valence-corrected chi connectivity index (χ3v) is 3.82. The monoisotopic (exact) mass is 342 g/mol. The number of carbonyl (C=O) groups excluding carboxylic acids is 1. The van der Waals surface area contributed by atoms with E-state index in [0.29, 0.717) is 36.3 Å². The van der Waals surface area contributed by atoms with Gasteiger partial charge in [-0.3, -0.25) is 0 Å². The third-order valence-electron chi connectivity index (χ3n) is 3.82. The van der Waals surface area contributed by atoms with Gasteiger partial charge in [0.1, 0.15) is 12.4 Å². The molecular weight excluding hydrogens is 320 g/mol. The molecule has 1 aliphatic rings. The van der Waals surface area contributed by atoms with E-state index >= 15 is 0 Å². The van der Waals surface area contributed by atoms with E-state index in [9.17, 15) is 4.79 Å². The van der Waals surface area contributed by atoms with Crippen molar-refractivity contribution < 1.29 is 19.0 Å². The number of benzene rings is 2. The number of urea groups is 1. The predicted molar refractivity (Wildman–Crippen MR) is 95.6 cm³/mol. The molecule has 2 amide bonds. The van der Waals surface area contributed by atoms with Crippen molar-refractivity contribution in [2.24, 2.45) is 0 Å². The fourth-order valence-electron chi connectivity index (χ4n) is 2.56. The van der Waals surface area contributed by atoms with Gasteiger partial charge in [0.25, 0.3) is 0 Å². The van der Waals surface area contributed by atoms with Gasteiger partial charge in [-0.05, 0) is 29.7 Å². The highest BCUT2D eigenvalue weighted by molar-refractivity contribution is 5.89. The SMILES string of the molecule is CC(C)c1ccccc1OCCNC(=O)Nc1ccc2c(c1)OCO2. The quantitative estimate of drug-likeness (QED) is 0.785. The van der Waals surface area contributed by atoms with Gasteiger partial charge >= 0.3 is 6.03 Å². The molecular formula is C19H22N2O4. The van der Waals surface area contributed by atoms with Crippen molar-refractivity contribution in [3.8, 4) is 17.2 Å². The number of hydrogen-bond acceptors (Lipinski definition) is 4. The number of rotatable bonds is 6. The fraction of sp³-hybridized carbons (Fsp3) is 0.316. The minimum Gasteiger partial charge on any atom is -0.491 e. The molecule has 6 heteroatoms. The van der Waals surface area contributed by atoms with Gasteiger partial charge in [0, 0.05) is 11.8 Å². The first-order chi connectivity index (χ1) is 12.1. The van der Waals surface area contributed by atoms with E-state index in [1.54, 1.807) is 18.2 Å². The van der Waals surface area contributed by atoms with E-state index in [-0.39, 0.29) is 12.8 Å². The van der Waals surface area contributed by atoms with Crippen LogP contribution < -0.4 is 24.8 Å². The molecule has 3 rings (SSSR count). The fourth-order valence-corrected chi connectivity index (χ4v) is 2.56. The van der Waals surface area contributed by atoms with Gasteiger partial charge in [0.05, 0.1) is 6.54 Å². The minimum atomic E-state index is -0.292. The van der Waals surface area contributed by atoms with E-state index in [1.165, 1.54) is 0 Å². The Kier molecular flexibility index (Phi) is 5.28. The molecule has 0 aromatic heterocycles. The lowest BCUT2D eigenvalue weighted by Gasteiger charge is -2.14. The number of nitrogens with one attached hydrogen (secondary N) is 2. The first-order valence-corrected chi connectivity index (χ1v) is 8.29. The van der Waals surface area contributed by atoms with Crippen molar-refractivity contribution in [3.63, 3.8) is 0 Å². The maximum atomic E-state index is 11.9. The molecule has 0 atom stereocenters. The second-order valence-corrected chi connectivity index (χ2v) is 5.99. The Morgan fingerprint density at radius 2 is 1.96 bits per heavy atom. The third kappa shape index (κ3) is 4.35. The molecule has 0 fully saturated rings. The van der Waals surface area contributed by atoms with Crippen LogP contribution in [0.5, 0.6) is 17.2 Å². The van der Waals surface area contributed by atoms with Crippen molar-refractivity contribution in [2.75, 3.05) is 25.3 Å². The molecule has 2 N–H and O–H groups in total. The maximum Gasteiger partial charge on any atom is 0.319 e. The number of amides is 2. The molecule has 0 unspecified atom stereocenters. The van der Waals surface area contributed by atoms with Gasteiger partial charge < -0.3 is 24.8 Å². The summed E-state index contributed by atoms with van der Waals surface area (Å²) in [5, 5.41) is 5.53. The largest absolute Gasteiger partial charge is 0.491 e. The van der Waals surface area contributed by atoms with E-state index in [2.05, 4.69) is 30.5 Å². The average molecular weight is 342 g/mol. The topological polar surface area (TPSA) is 68.8 Å². The molecule has 0 saturated heterocycles. The first-order valence-electron chi connectivity index (χ1n) is 8.29. The lowest BCUT2D eigenvalue weighted by molar-refractivity contribution is 0.174. The highest BCUT2D eigenvalue weighted by atomic mass is 16.7. The summed E-state index contributed by atoms with van der Waals surface area (Å²) < 4.78 is 16.3. The van der Waals surface area contributed by atoms with Crippen molar-refractivity contribution in [1.82, 2.24) is 5.32 Å². The minimum absolute atomic E-state index is 0.209. The van der Waals surface area contributed by atoms with Crippen LogP contribution in [0, 0.1) is 0 Å². The summed E-state index contributed by atoms with van der Waals surface area (Å²) >= 11 is 0. The van der Waals surface area contributed by atoms with Crippen molar-refractivity contribution in [3.05, 3.63) is 48.0 Å². The van der Waals surface area contributed by atoms with Gasteiger partial charge in [-0.1, -0.05) is 32.0 Å². The number of hydrogen-bond donors (Lipinski definition) is 2. The zero-order valence-corrected chi connectivity index (χ0v) is 14.4. The zero-order valence-electron chi connectivity index (χ0n) is 14.4. The summed E-state index contributed by atoms with van der Waals surface area (Å²) in [6, 6.07) is 12.9. The molecule has 0 radical (unpaired) electrons. The lowest BCUT2D eigenvalue weighted by atomic mass is 10.0. The summed E-state index contributed by atoms with van der Waals surface area (Å²) in [5.41, 5.74) is 1.81. The van der Waals surface area contributed by atoms with Crippen molar-refractivity contribution in [1.29, 1.82) is 0 Å². The standard InChI is InChI=1S/C19H22N2O4/c1-13(2)15-5-3-4-6-16(15)23-10-9-20-19(22)21-14-7-8-17-18(11-14)25-12-24-17/h3-8,11,13H,9-10,12H2,1-2H3,(H2,20,21,22). The summed E-state index contributed by atoms with van der Waals surface area (Å²) in [5.74, 6) is 2.56. The Balaban J connectivity index is 1.44. The van der Waals surface area contributed by atoms with Gasteiger partial charge in [-0.2, -0.15) is 0 Å². The van der Waals surface area contributed by atoms with E-state index in [0.717, 1.165) is 11.3 Å². The smallest absolute Gasteiger partial charge is 0.319 e. The molecule has 1 heterocycles. The Labute approximate surface area is 147 Å². The highest BCUT2D eigenvalue weighted by Crippen LogP contribution is 2.34. The van der Waals surface area contributed by atoms with E-state index in [1.807, 2.05) is 18.2 Å². The van der Waals surface area contributed by atoms with Gasteiger partial charge in [-0.25, -0.2) is 4.79 Å². The van der Waals surface area contributed by atoms with Crippen LogP contribution in [0.1, 0.15) is 25.3 Å². The molecule has 0 aliphatic carbocycles. The number of ether oxygens (including phenoxy) is 3. The Morgan fingerprint density at radius 1 is 1.16 bits per heavy atom.